The van der Waals surface area contributed by atoms with Crippen LogP contribution in [0.2, 0.25) is 0 Å². The molecular weight excluding hydrogens is 206 g/mol. The lowest BCUT2D eigenvalue weighted by Gasteiger charge is -2.40. The number of halogens is 1. The van der Waals surface area contributed by atoms with Gasteiger partial charge in [-0.1, -0.05) is 41.4 Å². The van der Waals surface area contributed by atoms with Crippen molar-refractivity contribution in [1.29, 1.82) is 0 Å². The third-order valence-electron chi connectivity index (χ3n) is 2.80. The molecule has 1 heterocycles. The molecule has 0 unspecified atom stereocenters. The van der Waals surface area contributed by atoms with Gasteiger partial charge in [0.2, 0.25) is 0 Å². The number of hydrogen-bond donors (Lipinski definition) is 0. The van der Waals surface area contributed by atoms with Gasteiger partial charge in [-0.2, -0.15) is 0 Å². The van der Waals surface area contributed by atoms with Crippen LogP contribution in [-0.2, 0) is 0 Å². The maximum atomic E-state index is 6.17. The molecule has 2 heteroatoms. The molecule has 0 radical (unpaired) electrons. The van der Waals surface area contributed by atoms with Crippen LogP contribution in [0.5, 0.6) is 0 Å². The van der Waals surface area contributed by atoms with Crippen molar-refractivity contribution in [2.24, 2.45) is 0 Å². The molecule has 0 bridgehead atoms. The van der Waals surface area contributed by atoms with Crippen LogP contribution < -0.4 is 0 Å². The van der Waals surface area contributed by atoms with Crippen LogP contribution in [0.1, 0.15) is 25.0 Å². The minimum atomic E-state index is 0.517. The highest BCUT2D eigenvalue weighted by atomic mass is 35.5. The molecule has 15 heavy (non-hydrogen) atoms. The van der Waals surface area contributed by atoms with Gasteiger partial charge in [0.15, 0.2) is 0 Å². The molecule has 1 nitrogen and oxygen atoms in total. The Morgan fingerprint density at radius 3 is 2.27 bits per heavy atom. The van der Waals surface area contributed by atoms with Gasteiger partial charge in [-0.3, -0.25) is 0 Å². The molecule has 1 aliphatic heterocycles. The second-order valence-electron chi connectivity index (χ2n) is 4.34. The molecule has 0 saturated heterocycles. The van der Waals surface area contributed by atoms with Gasteiger partial charge < -0.3 is 4.90 Å². The zero-order valence-corrected chi connectivity index (χ0v) is 10.2. The molecule has 2 rings (SSSR count). The van der Waals surface area contributed by atoms with Gasteiger partial charge in [0, 0.05) is 6.04 Å². The summed E-state index contributed by atoms with van der Waals surface area (Å²) in [6.45, 7) is 7.37. The summed E-state index contributed by atoms with van der Waals surface area (Å²) in [5.41, 5.74) is 3.71. The van der Waals surface area contributed by atoms with Crippen LogP contribution >= 0.6 is 11.6 Å². The van der Waals surface area contributed by atoms with Crippen LogP contribution in [-0.4, -0.2) is 17.5 Å². The third kappa shape index (κ3) is 1.89. The molecule has 0 N–H and O–H groups in total. The van der Waals surface area contributed by atoms with Crippen LogP contribution in [0.25, 0.3) is 5.70 Å². The van der Waals surface area contributed by atoms with Crippen molar-refractivity contribution in [3.63, 3.8) is 0 Å². The number of rotatable bonds is 2. The summed E-state index contributed by atoms with van der Waals surface area (Å²) in [6, 6.07) is 9.05. The minimum Gasteiger partial charge on any atom is -0.362 e. The first-order valence-corrected chi connectivity index (χ1v) is 5.69. The van der Waals surface area contributed by atoms with Gasteiger partial charge in [0.25, 0.3) is 0 Å². The predicted molar refractivity (Wildman–Crippen MR) is 65.8 cm³/mol. The van der Waals surface area contributed by atoms with E-state index in [1.165, 1.54) is 16.8 Å². The zero-order valence-electron chi connectivity index (χ0n) is 9.42. The van der Waals surface area contributed by atoms with Gasteiger partial charge in [-0.15, -0.1) is 0 Å². The van der Waals surface area contributed by atoms with Crippen molar-refractivity contribution < 1.29 is 0 Å². The van der Waals surface area contributed by atoms with E-state index >= 15 is 0 Å². The van der Waals surface area contributed by atoms with Gasteiger partial charge >= 0.3 is 0 Å². The third-order valence-corrected chi connectivity index (χ3v) is 3.10. The Morgan fingerprint density at radius 2 is 1.80 bits per heavy atom. The second-order valence-corrected chi connectivity index (χ2v) is 4.80. The number of benzene rings is 1. The van der Waals surface area contributed by atoms with Gasteiger partial charge in [0.1, 0.15) is 0 Å². The highest BCUT2D eigenvalue weighted by molar-refractivity contribution is 6.34. The molecule has 0 aliphatic carbocycles. The van der Waals surface area contributed by atoms with Crippen molar-refractivity contribution in [1.82, 2.24) is 4.90 Å². The summed E-state index contributed by atoms with van der Waals surface area (Å²) in [6.07, 6.45) is 0. The second kappa shape index (κ2) is 3.90. The Morgan fingerprint density at radius 1 is 1.20 bits per heavy atom. The Balaban J connectivity index is 2.31. The number of hydrogen-bond acceptors (Lipinski definition) is 1. The quantitative estimate of drug-likeness (QED) is 0.737. The molecule has 1 aromatic rings. The summed E-state index contributed by atoms with van der Waals surface area (Å²) in [7, 11) is 0. The van der Waals surface area contributed by atoms with E-state index in [0.29, 0.717) is 6.04 Å². The van der Waals surface area contributed by atoms with E-state index < -0.39 is 0 Å². The van der Waals surface area contributed by atoms with Crippen molar-refractivity contribution in [2.45, 2.75) is 26.8 Å². The fraction of sp³-hybridized carbons (Fsp3) is 0.385. The molecule has 0 aromatic heterocycles. The fourth-order valence-electron chi connectivity index (χ4n) is 1.84. The standard InChI is InChI=1S/C13H16ClN/c1-9(2)15-8-12(14)13(15)11-6-4-10(3)5-7-11/h4-7,9H,8H2,1-3H3. The molecule has 0 amide bonds. The Bertz CT molecular complexity index is 390. The maximum Gasteiger partial charge on any atom is 0.0614 e. The van der Waals surface area contributed by atoms with E-state index in [-0.39, 0.29) is 0 Å². The fourth-order valence-corrected chi connectivity index (χ4v) is 2.19. The predicted octanol–water partition coefficient (Wildman–Crippen LogP) is 3.63. The lowest BCUT2D eigenvalue weighted by Crippen LogP contribution is -2.38. The SMILES string of the molecule is Cc1ccc(C2=C(Cl)CN2C(C)C)cc1. The van der Waals surface area contributed by atoms with Crippen molar-refractivity contribution in [3.05, 3.63) is 40.4 Å². The number of aryl methyl sites for hydroxylation is 1. The first-order chi connectivity index (χ1) is 7.09. The molecule has 0 fully saturated rings. The van der Waals surface area contributed by atoms with Crippen molar-refractivity contribution >= 4 is 17.3 Å². The van der Waals surface area contributed by atoms with E-state index in [1.807, 2.05) is 0 Å². The molecule has 0 saturated carbocycles. The number of nitrogens with zero attached hydrogens (tertiary/aromatic N) is 1. The molecule has 0 atom stereocenters. The van der Waals surface area contributed by atoms with E-state index in [1.54, 1.807) is 0 Å². The van der Waals surface area contributed by atoms with Crippen LogP contribution in [0.4, 0.5) is 0 Å². The molecular formula is C13H16ClN. The van der Waals surface area contributed by atoms with Gasteiger partial charge in [0.05, 0.1) is 17.3 Å². The Labute approximate surface area is 96.4 Å². The van der Waals surface area contributed by atoms with Crippen molar-refractivity contribution in [2.75, 3.05) is 6.54 Å². The summed E-state index contributed by atoms with van der Waals surface area (Å²) in [5.74, 6) is 0. The average Bonchev–Trinajstić information content (AvgIpc) is 2.17. The van der Waals surface area contributed by atoms with Gasteiger partial charge in [-0.25, -0.2) is 0 Å². The van der Waals surface area contributed by atoms with Crippen LogP contribution in [0.15, 0.2) is 29.3 Å². The topological polar surface area (TPSA) is 3.24 Å². The van der Waals surface area contributed by atoms with E-state index in [2.05, 4.69) is 49.9 Å². The highest BCUT2D eigenvalue weighted by Gasteiger charge is 2.27. The molecule has 0 spiro atoms. The zero-order chi connectivity index (χ0) is 11.0. The molecule has 1 aromatic carbocycles. The van der Waals surface area contributed by atoms with Crippen LogP contribution in [0, 0.1) is 6.92 Å². The first-order valence-electron chi connectivity index (χ1n) is 5.32. The summed E-state index contributed by atoms with van der Waals surface area (Å²) >= 11 is 6.17. The Kier molecular flexibility index (Phi) is 2.74. The summed E-state index contributed by atoms with van der Waals surface area (Å²) < 4.78 is 0. The van der Waals surface area contributed by atoms with Crippen LogP contribution in [0.3, 0.4) is 0 Å². The average molecular weight is 222 g/mol. The maximum absolute atomic E-state index is 6.17. The van der Waals surface area contributed by atoms with E-state index in [0.717, 1.165) is 11.6 Å². The smallest absolute Gasteiger partial charge is 0.0614 e. The highest BCUT2D eigenvalue weighted by Crippen LogP contribution is 2.36. The minimum absolute atomic E-state index is 0.517. The molecule has 1 aliphatic rings. The van der Waals surface area contributed by atoms with Gasteiger partial charge in [-0.05, 0) is 26.3 Å². The largest absolute Gasteiger partial charge is 0.362 e. The molecule has 80 valence electrons. The lowest BCUT2D eigenvalue weighted by molar-refractivity contribution is 0.327. The van der Waals surface area contributed by atoms with Crippen molar-refractivity contribution in [3.8, 4) is 0 Å². The first kappa shape index (κ1) is 10.6. The van der Waals surface area contributed by atoms with E-state index in [4.69, 9.17) is 11.6 Å². The summed E-state index contributed by atoms with van der Waals surface area (Å²) in [5, 5.41) is 0.979. The summed E-state index contributed by atoms with van der Waals surface area (Å²) in [4.78, 5) is 2.33. The monoisotopic (exact) mass is 221 g/mol. The van der Waals surface area contributed by atoms with E-state index in [9.17, 15) is 0 Å². The Hall–Kier alpha value is -0.950. The lowest BCUT2D eigenvalue weighted by atomic mass is 10.0. The normalized spacial score (nSPS) is 15.9.